The summed E-state index contributed by atoms with van der Waals surface area (Å²) in [7, 11) is 0. The van der Waals surface area contributed by atoms with Crippen molar-refractivity contribution in [2.24, 2.45) is 5.73 Å². The molecule has 1 unspecified atom stereocenters. The molecule has 3 N–H and O–H groups in total. The first-order valence-corrected chi connectivity index (χ1v) is 16.1. The van der Waals surface area contributed by atoms with Crippen LogP contribution in [0.1, 0.15) is 27.8 Å². The summed E-state index contributed by atoms with van der Waals surface area (Å²) in [4.78, 5) is 15.1. The highest BCUT2D eigenvalue weighted by Crippen LogP contribution is 2.39. The number of aromatic nitrogens is 3. The van der Waals surface area contributed by atoms with E-state index in [2.05, 4.69) is 111 Å². The van der Waals surface area contributed by atoms with Crippen molar-refractivity contribution >= 4 is 28.3 Å². The van der Waals surface area contributed by atoms with Crippen molar-refractivity contribution in [1.29, 1.82) is 5.41 Å². The van der Waals surface area contributed by atoms with Crippen LogP contribution >= 0.6 is 0 Å². The van der Waals surface area contributed by atoms with Gasteiger partial charge in [-0.05, 0) is 43.2 Å². The van der Waals surface area contributed by atoms with Crippen LogP contribution in [-0.2, 0) is 0 Å². The van der Waals surface area contributed by atoms with Crippen LogP contribution in [0.5, 0.6) is 0 Å². The third kappa shape index (κ3) is 5.30. The zero-order valence-electron chi connectivity index (χ0n) is 26.8. The lowest BCUT2D eigenvalue weighted by Gasteiger charge is -2.27. The Kier molecular flexibility index (Phi) is 7.32. The maximum absolute atomic E-state index is 9.30. The van der Waals surface area contributed by atoms with Crippen LogP contribution in [0, 0.1) is 19.3 Å². The van der Waals surface area contributed by atoms with Crippen LogP contribution in [0.2, 0.25) is 0 Å². The summed E-state index contributed by atoms with van der Waals surface area (Å²) in [6.07, 6.45) is 2.13. The fourth-order valence-electron chi connectivity index (χ4n) is 6.43. The summed E-state index contributed by atoms with van der Waals surface area (Å²) < 4.78 is 0. The first-order valence-electron chi connectivity index (χ1n) is 16.1. The topological polar surface area (TPSA) is 88.5 Å². The number of hydrogen-bond acceptors (Lipinski definition) is 5. The van der Waals surface area contributed by atoms with E-state index in [0.717, 1.165) is 72.5 Å². The Labute approximate surface area is 280 Å². The minimum atomic E-state index is -0.585. The third-order valence-corrected chi connectivity index (χ3v) is 9.09. The molecule has 5 heteroatoms. The summed E-state index contributed by atoms with van der Waals surface area (Å²) in [5.41, 5.74) is 20.7. The number of hydrogen-bond donors (Lipinski definition) is 2. The van der Waals surface area contributed by atoms with Crippen molar-refractivity contribution < 1.29 is 0 Å². The Morgan fingerprint density at radius 3 is 1.75 bits per heavy atom. The van der Waals surface area contributed by atoms with Gasteiger partial charge < -0.3 is 11.1 Å². The number of para-hydroxylation sites is 1. The number of nitrogens with zero attached hydrogens (tertiary/aromatic N) is 3. The zero-order valence-corrected chi connectivity index (χ0v) is 26.8. The lowest BCUT2D eigenvalue weighted by Crippen LogP contribution is -2.35. The molecule has 0 bridgehead atoms. The highest BCUT2D eigenvalue weighted by molar-refractivity contribution is 6.23. The van der Waals surface area contributed by atoms with Gasteiger partial charge in [0.25, 0.3) is 0 Å². The second-order valence-corrected chi connectivity index (χ2v) is 12.4. The van der Waals surface area contributed by atoms with Gasteiger partial charge in [-0.15, -0.1) is 0 Å². The standard InChI is InChI=1S/C43H33N5/c1-26-12-16-29(17-13-26)37-25-38(48-43(47-37)32-18-14-27(2)15-19-32)30-22-20-28(21-23-30)34-24-35-39(41(45)40(34)44)33-10-6-7-11-36(33)46-42(35)31-8-4-3-5-9-31/h3-25,40,45H,44H2,1-2H3. The van der Waals surface area contributed by atoms with Gasteiger partial charge in [0.1, 0.15) is 0 Å². The van der Waals surface area contributed by atoms with E-state index in [1.54, 1.807) is 0 Å². The van der Waals surface area contributed by atoms with E-state index in [9.17, 15) is 5.41 Å². The number of aryl methyl sites for hydroxylation is 2. The minimum absolute atomic E-state index is 0.392. The van der Waals surface area contributed by atoms with E-state index >= 15 is 0 Å². The maximum atomic E-state index is 9.30. The fourth-order valence-corrected chi connectivity index (χ4v) is 6.43. The average molecular weight is 620 g/mol. The molecule has 0 radical (unpaired) electrons. The molecule has 0 aliphatic heterocycles. The summed E-state index contributed by atoms with van der Waals surface area (Å²) in [6, 6.07) is 44.7. The molecule has 8 rings (SSSR count). The first kappa shape index (κ1) is 29.4. The summed E-state index contributed by atoms with van der Waals surface area (Å²) in [5.74, 6) is 0.683. The minimum Gasteiger partial charge on any atom is -0.319 e. The van der Waals surface area contributed by atoms with Crippen molar-refractivity contribution in [3.63, 3.8) is 0 Å². The predicted octanol–water partition coefficient (Wildman–Crippen LogP) is 9.56. The van der Waals surface area contributed by atoms with E-state index in [0.29, 0.717) is 11.5 Å². The molecular formula is C43H33N5. The molecule has 2 heterocycles. The van der Waals surface area contributed by atoms with Crippen LogP contribution in [0.4, 0.5) is 0 Å². The van der Waals surface area contributed by atoms with Gasteiger partial charge in [-0.25, -0.2) is 15.0 Å². The monoisotopic (exact) mass is 619 g/mol. The van der Waals surface area contributed by atoms with E-state index in [1.807, 2.05) is 42.5 Å². The third-order valence-electron chi connectivity index (χ3n) is 9.09. The van der Waals surface area contributed by atoms with Gasteiger partial charge in [-0.3, -0.25) is 0 Å². The Hall–Kier alpha value is -6.04. The molecule has 0 saturated heterocycles. The van der Waals surface area contributed by atoms with E-state index in [-0.39, 0.29) is 0 Å². The van der Waals surface area contributed by atoms with Gasteiger partial charge in [-0.1, -0.05) is 132 Å². The summed E-state index contributed by atoms with van der Waals surface area (Å²) >= 11 is 0. The van der Waals surface area contributed by atoms with Crippen molar-refractivity contribution in [3.05, 3.63) is 161 Å². The van der Waals surface area contributed by atoms with Gasteiger partial charge in [0.15, 0.2) is 5.82 Å². The van der Waals surface area contributed by atoms with Gasteiger partial charge in [-0.2, -0.15) is 0 Å². The number of nitrogens with one attached hydrogen (secondary N) is 1. The molecule has 1 atom stereocenters. The maximum Gasteiger partial charge on any atom is 0.160 e. The second-order valence-electron chi connectivity index (χ2n) is 12.4. The molecule has 5 aromatic carbocycles. The van der Waals surface area contributed by atoms with Crippen LogP contribution < -0.4 is 5.73 Å². The molecule has 0 spiro atoms. The molecule has 5 nitrogen and oxygen atoms in total. The zero-order chi connectivity index (χ0) is 32.8. The molecule has 0 fully saturated rings. The number of pyridine rings is 1. The number of fused-ring (bicyclic) bond motifs is 3. The molecular weight excluding hydrogens is 587 g/mol. The molecule has 230 valence electrons. The molecule has 1 aliphatic carbocycles. The van der Waals surface area contributed by atoms with Gasteiger partial charge in [0, 0.05) is 38.8 Å². The first-order chi connectivity index (χ1) is 23.4. The lowest BCUT2D eigenvalue weighted by atomic mass is 9.80. The van der Waals surface area contributed by atoms with E-state index in [4.69, 9.17) is 20.7 Å². The normalized spacial score (nSPS) is 14.1. The van der Waals surface area contributed by atoms with E-state index in [1.165, 1.54) is 11.1 Å². The second kappa shape index (κ2) is 12.0. The van der Waals surface area contributed by atoms with Gasteiger partial charge in [0.2, 0.25) is 0 Å². The Bertz CT molecular complexity index is 2290. The van der Waals surface area contributed by atoms with Crippen LogP contribution in [0.15, 0.2) is 133 Å². The van der Waals surface area contributed by atoms with Crippen LogP contribution in [0.3, 0.4) is 0 Å². The smallest absolute Gasteiger partial charge is 0.160 e. The summed E-state index contributed by atoms with van der Waals surface area (Å²) in [5, 5.41) is 10.2. The van der Waals surface area contributed by atoms with Gasteiger partial charge >= 0.3 is 0 Å². The van der Waals surface area contributed by atoms with Crippen LogP contribution in [-0.4, -0.2) is 26.7 Å². The van der Waals surface area contributed by atoms with Crippen molar-refractivity contribution in [2.45, 2.75) is 19.9 Å². The largest absolute Gasteiger partial charge is 0.319 e. The fraction of sp³-hybridized carbons (Fsp3) is 0.0698. The molecule has 0 saturated carbocycles. The van der Waals surface area contributed by atoms with Crippen molar-refractivity contribution in [3.8, 4) is 45.2 Å². The van der Waals surface area contributed by atoms with Crippen LogP contribution in [0.25, 0.3) is 67.7 Å². The quantitative estimate of drug-likeness (QED) is 0.201. The number of benzene rings is 5. The average Bonchev–Trinajstić information content (AvgIpc) is 3.13. The highest BCUT2D eigenvalue weighted by Gasteiger charge is 2.29. The van der Waals surface area contributed by atoms with Gasteiger partial charge in [0.05, 0.1) is 34.4 Å². The number of rotatable bonds is 5. The van der Waals surface area contributed by atoms with Crippen molar-refractivity contribution in [1.82, 2.24) is 15.0 Å². The SMILES string of the molecule is Cc1ccc(-c2cc(-c3ccc(C4=Cc5c(-c6ccccc6)nc6ccccc6c5C(=N)C4N)cc3)nc(-c3ccc(C)cc3)n2)cc1. The molecule has 0 amide bonds. The molecule has 48 heavy (non-hydrogen) atoms. The predicted molar refractivity (Wildman–Crippen MR) is 198 cm³/mol. The lowest BCUT2D eigenvalue weighted by molar-refractivity contribution is 1.08. The van der Waals surface area contributed by atoms with Crippen molar-refractivity contribution in [2.75, 3.05) is 0 Å². The highest BCUT2D eigenvalue weighted by atomic mass is 14.9. The Balaban J connectivity index is 1.24. The Morgan fingerprint density at radius 1 is 0.562 bits per heavy atom. The molecule has 7 aromatic rings. The molecule has 2 aromatic heterocycles. The molecule has 1 aliphatic rings. The Morgan fingerprint density at radius 2 is 1.10 bits per heavy atom. The number of nitrogens with two attached hydrogens (primary N) is 1. The van der Waals surface area contributed by atoms with E-state index < -0.39 is 6.04 Å². The summed E-state index contributed by atoms with van der Waals surface area (Å²) in [6.45, 7) is 4.17.